The Morgan fingerprint density at radius 1 is 1.29 bits per heavy atom. The summed E-state index contributed by atoms with van der Waals surface area (Å²) in [6.45, 7) is 2.82. The molecule has 1 N–H and O–H groups in total. The van der Waals surface area contributed by atoms with Crippen molar-refractivity contribution in [2.45, 2.75) is 20.3 Å². The summed E-state index contributed by atoms with van der Waals surface area (Å²) in [5.74, 6) is 3.80. The van der Waals surface area contributed by atoms with E-state index in [0.717, 1.165) is 0 Å². The summed E-state index contributed by atoms with van der Waals surface area (Å²) in [5, 5.41) is 0. The van der Waals surface area contributed by atoms with E-state index in [1.807, 2.05) is 0 Å². The minimum absolute atomic E-state index is 0.125. The first-order chi connectivity index (χ1) is 7.70. The van der Waals surface area contributed by atoms with Crippen molar-refractivity contribution in [2.75, 3.05) is 18.1 Å². The van der Waals surface area contributed by atoms with E-state index < -0.39 is 31.9 Å². The topological polar surface area (TPSA) is 97.7 Å². The fourth-order valence-electron chi connectivity index (χ4n) is 1.06. The molecule has 1 atom stereocenters. The largest absolute Gasteiger partial charge is 0.286 e. The van der Waals surface area contributed by atoms with E-state index in [1.54, 1.807) is 0 Å². The maximum Gasteiger partial charge on any atom is 0.267 e. The molecule has 0 amide bonds. The predicted octanol–water partition coefficient (Wildman–Crippen LogP) is 0.270. The van der Waals surface area contributed by atoms with Crippen LogP contribution in [0.25, 0.3) is 0 Å². The highest BCUT2D eigenvalue weighted by atomic mass is 32.2. The second-order valence-electron chi connectivity index (χ2n) is 3.30. The van der Waals surface area contributed by atoms with Crippen LogP contribution >= 0.6 is 0 Å². The van der Waals surface area contributed by atoms with Gasteiger partial charge in [-0.1, -0.05) is 5.92 Å². The zero-order chi connectivity index (χ0) is 13.5. The molecule has 0 fully saturated rings. The summed E-state index contributed by atoms with van der Waals surface area (Å²) in [5.41, 5.74) is 0. The smallest absolute Gasteiger partial charge is 0.267 e. The maximum atomic E-state index is 11.0. The van der Waals surface area contributed by atoms with E-state index in [-0.39, 0.29) is 18.8 Å². The first-order valence-corrected chi connectivity index (χ1v) is 8.13. The Morgan fingerprint density at radius 2 is 1.88 bits per heavy atom. The number of hydrogen-bond donors (Lipinski definition) is 1. The molecule has 0 aliphatic carbocycles. The summed E-state index contributed by atoms with van der Waals surface area (Å²) in [4.78, 5) is 0. The fraction of sp³-hybridized carbons (Fsp3) is 0.778. The molecule has 0 spiro atoms. The number of hydrogen-bond acceptors (Lipinski definition) is 5. The monoisotopic (exact) mass is 284 g/mol. The van der Waals surface area contributed by atoms with Gasteiger partial charge in [-0.25, -0.2) is 0 Å². The molecule has 0 rings (SSSR count). The van der Waals surface area contributed by atoms with Gasteiger partial charge in [0, 0.05) is 5.92 Å². The van der Waals surface area contributed by atoms with Crippen molar-refractivity contribution >= 4 is 20.2 Å². The highest BCUT2D eigenvalue weighted by Gasteiger charge is 2.16. The Balaban J connectivity index is 4.33. The zero-order valence-electron chi connectivity index (χ0n) is 9.71. The molecule has 0 saturated heterocycles. The van der Waals surface area contributed by atoms with Crippen LogP contribution in [0, 0.1) is 17.8 Å². The molecule has 0 saturated carbocycles. The normalized spacial score (nSPS) is 13.8. The first kappa shape index (κ1) is 16.4. The van der Waals surface area contributed by atoms with E-state index >= 15 is 0 Å². The lowest BCUT2D eigenvalue weighted by atomic mass is 10.1. The molecule has 17 heavy (non-hydrogen) atoms. The average Bonchev–Trinajstić information content (AvgIpc) is 2.15. The van der Waals surface area contributed by atoms with Crippen LogP contribution < -0.4 is 0 Å². The molecule has 0 aliphatic heterocycles. The molecule has 8 heteroatoms. The van der Waals surface area contributed by atoms with Gasteiger partial charge < -0.3 is 0 Å². The van der Waals surface area contributed by atoms with Gasteiger partial charge in [-0.05, 0) is 20.3 Å². The Morgan fingerprint density at radius 3 is 2.29 bits per heavy atom. The minimum atomic E-state index is -4.12. The van der Waals surface area contributed by atoms with Crippen molar-refractivity contribution in [1.29, 1.82) is 0 Å². The van der Waals surface area contributed by atoms with Gasteiger partial charge in [0.15, 0.2) is 0 Å². The van der Waals surface area contributed by atoms with Crippen LogP contribution in [0.15, 0.2) is 0 Å². The van der Waals surface area contributed by atoms with Gasteiger partial charge in [-0.3, -0.25) is 8.74 Å². The lowest BCUT2D eigenvalue weighted by Gasteiger charge is -2.08. The van der Waals surface area contributed by atoms with Crippen molar-refractivity contribution < 1.29 is 25.6 Å². The predicted molar refractivity (Wildman–Crippen MR) is 63.4 cm³/mol. The molecule has 0 aliphatic rings. The lowest BCUT2D eigenvalue weighted by molar-refractivity contribution is 0.300. The van der Waals surface area contributed by atoms with Crippen LogP contribution in [-0.2, 0) is 24.4 Å². The second-order valence-corrected chi connectivity index (χ2v) is 6.72. The minimum Gasteiger partial charge on any atom is -0.286 e. The van der Waals surface area contributed by atoms with Crippen LogP contribution in [0.1, 0.15) is 20.3 Å². The quantitative estimate of drug-likeness (QED) is 0.409. The highest BCUT2D eigenvalue weighted by molar-refractivity contribution is 7.86. The third-order valence-corrected chi connectivity index (χ3v) is 3.90. The SMILES string of the molecule is CC#CC(CCOS(=O)(=O)CC)CS(=O)(=O)O. The fourth-order valence-corrected chi connectivity index (χ4v) is 2.33. The van der Waals surface area contributed by atoms with Gasteiger partial charge in [0.05, 0.1) is 18.1 Å². The summed E-state index contributed by atoms with van der Waals surface area (Å²) in [6, 6.07) is 0. The molecule has 0 aromatic carbocycles. The maximum absolute atomic E-state index is 11.0. The molecule has 0 bridgehead atoms. The highest BCUT2D eigenvalue weighted by Crippen LogP contribution is 2.07. The molecule has 1 unspecified atom stereocenters. The lowest BCUT2D eigenvalue weighted by Crippen LogP contribution is -2.17. The first-order valence-electron chi connectivity index (χ1n) is 4.94. The van der Waals surface area contributed by atoms with Gasteiger partial charge in [-0.2, -0.15) is 16.8 Å². The summed E-state index contributed by atoms with van der Waals surface area (Å²) in [7, 11) is -7.66. The van der Waals surface area contributed by atoms with E-state index in [1.165, 1.54) is 13.8 Å². The molecular formula is C9H16O6S2. The Hall–Kier alpha value is -0.620. The molecule has 100 valence electrons. The third kappa shape index (κ3) is 9.12. The Kier molecular flexibility index (Phi) is 6.70. The molecule has 0 radical (unpaired) electrons. The molecule has 0 heterocycles. The summed E-state index contributed by atoms with van der Waals surface area (Å²) in [6.07, 6.45) is 0.125. The van der Waals surface area contributed by atoms with Crippen molar-refractivity contribution in [3.8, 4) is 11.8 Å². The van der Waals surface area contributed by atoms with Crippen LogP contribution in [0.4, 0.5) is 0 Å². The van der Waals surface area contributed by atoms with Gasteiger partial charge in [0.25, 0.3) is 20.2 Å². The van der Waals surface area contributed by atoms with Gasteiger partial charge >= 0.3 is 0 Å². The standard InChI is InChI=1S/C9H16O6S2/c1-3-5-9(8-16(10,11)12)6-7-15-17(13,14)4-2/h9H,4,6-8H2,1-2H3,(H,10,11,12). The van der Waals surface area contributed by atoms with Gasteiger partial charge in [0.2, 0.25) is 0 Å². The second kappa shape index (κ2) is 6.96. The molecule has 0 aromatic rings. The molecular weight excluding hydrogens is 268 g/mol. The van der Waals surface area contributed by atoms with Crippen molar-refractivity contribution in [2.24, 2.45) is 5.92 Å². The van der Waals surface area contributed by atoms with Crippen molar-refractivity contribution in [1.82, 2.24) is 0 Å². The van der Waals surface area contributed by atoms with Gasteiger partial charge in [-0.15, -0.1) is 5.92 Å². The number of rotatable bonds is 7. The van der Waals surface area contributed by atoms with Crippen molar-refractivity contribution in [3.63, 3.8) is 0 Å². The van der Waals surface area contributed by atoms with Crippen molar-refractivity contribution in [3.05, 3.63) is 0 Å². The van der Waals surface area contributed by atoms with Crippen LogP contribution in [0.3, 0.4) is 0 Å². The summed E-state index contributed by atoms with van der Waals surface area (Å²) < 4.78 is 56.6. The average molecular weight is 284 g/mol. The Bertz CT molecular complexity index is 479. The van der Waals surface area contributed by atoms with E-state index in [9.17, 15) is 16.8 Å². The Labute approximate surface area is 102 Å². The van der Waals surface area contributed by atoms with Crippen LogP contribution in [-0.4, -0.2) is 39.5 Å². The third-order valence-electron chi connectivity index (χ3n) is 1.84. The van der Waals surface area contributed by atoms with Gasteiger partial charge in [0.1, 0.15) is 0 Å². The van der Waals surface area contributed by atoms with Crippen LogP contribution in [0.2, 0.25) is 0 Å². The zero-order valence-corrected chi connectivity index (χ0v) is 11.3. The van der Waals surface area contributed by atoms with E-state index in [2.05, 4.69) is 16.0 Å². The van der Waals surface area contributed by atoms with E-state index in [4.69, 9.17) is 4.55 Å². The molecule has 0 aromatic heterocycles. The summed E-state index contributed by atoms with van der Waals surface area (Å²) >= 11 is 0. The molecule has 6 nitrogen and oxygen atoms in total. The van der Waals surface area contributed by atoms with E-state index in [0.29, 0.717) is 0 Å². The van der Waals surface area contributed by atoms with Crippen LogP contribution in [0.5, 0.6) is 0 Å².